The number of rotatable bonds is 7. The SMILES string of the molecule is Cc1cc(C)cc(OCC(=O)OCc2nnc(-c3ccc([N+](=O)[O-])cc3)o2)c1. The first kappa shape index (κ1) is 19.0. The Morgan fingerprint density at radius 3 is 2.43 bits per heavy atom. The zero-order valence-electron chi connectivity index (χ0n) is 15.2. The summed E-state index contributed by atoms with van der Waals surface area (Å²) in [6.45, 7) is 3.44. The number of nitrogens with zero attached hydrogens (tertiary/aromatic N) is 3. The van der Waals surface area contributed by atoms with Crippen molar-refractivity contribution in [2.75, 3.05) is 6.61 Å². The number of esters is 1. The van der Waals surface area contributed by atoms with Crippen molar-refractivity contribution in [2.45, 2.75) is 20.5 Å². The van der Waals surface area contributed by atoms with E-state index in [9.17, 15) is 14.9 Å². The normalized spacial score (nSPS) is 10.5. The molecule has 0 saturated heterocycles. The van der Waals surface area contributed by atoms with Gasteiger partial charge in [0.05, 0.1) is 4.92 Å². The Morgan fingerprint density at radius 2 is 1.79 bits per heavy atom. The molecule has 3 rings (SSSR count). The second-order valence-corrected chi connectivity index (χ2v) is 6.08. The molecule has 0 atom stereocenters. The lowest BCUT2D eigenvalue weighted by Gasteiger charge is -2.07. The van der Waals surface area contributed by atoms with E-state index in [1.165, 1.54) is 24.3 Å². The van der Waals surface area contributed by atoms with Gasteiger partial charge in [-0.05, 0) is 49.2 Å². The molecule has 0 amide bonds. The van der Waals surface area contributed by atoms with Gasteiger partial charge < -0.3 is 13.9 Å². The number of benzene rings is 2. The summed E-state index contributed by atoms with van der Waals surface area (Å²) in [7, 11) is 0. The molecule has 0 fully saturated rings. The van der Waals surface area contributed by atoms with Crippen LogP contribution in [0.3, 0.4) is 0 Å². The molecule has 0 aliphatic carbocycles. The minimum Gasteiger partial charge on any atom is -0.482 e. The van der Waals surface area contributed by atoms with Gasteiger partial charge in [-0.1, -0.05) is 6.07 Å². The zero-order valence-corrected chi connectivity index (χ0v) is 15.2. The summed E-state index contributed by atoms with van der Waals surface area (Å²) < 4.78 is 15.9. The Kier molecular flexibility index (Phi) is 5.64. The van der Waals surface area contributed by atoms with E-state index in [-0.39, 0.29) is 30.7 Å². The van der Waals surface area contributed by atoms with Crippen molar-refractivity contribution in [1.29, 1.82) is 0 Å². The topological polar surface area (TPSA) is 118 Å². The van der Waals surface area contributed by atoms with E-state index >= 15 is 0 Å². The molecule has 0 unspecified atom stereocenters. The first-order chi connectivity index (χ1) is 13.4. The Balaban J connectivity index is 1.52. The number of carbonyl (C=O) groups excluding carboxylic acids is 1. The summed E-state index contributed by atoms with van der Waals surface area (Å²) in [5.74, 6) is 0.294. The number of aromatic nitrogens is 2. The van der Waals surface area contributed by atoms with E-state index in [1.807, 2.05) is 32.0 Å². The van der Waals surface area contributed by atoms with Crippen LogP contribution in [0, 0.1) is 24.0 Å². The highest BCUT2D eigenvalue weighted by atomic mass is 16.6. The summed E-state index contributed by atoms with van der Waals surface area (Å²) >= 11 is 0. The average molecular weight is 383 g/mol. The Labute approximate surface area is 160 Å². The predicted molar refractivity (Wildman–Crippen MR) is 97.6 cm³/mol. The average Bonchev–Trinajstić information content (AvgIpc) is 3.13. The van der Waals surface area contributed by atoms with E-state index in [0.29, 0.717) is 11.3 Å². The summed E-state index contributed by atoms with van der Waals surface area (Å²) in [6.07, 6.45) is 0. The fraction of sp³-hybridized carbons (Fsp3) is 0.211. The third kappa shape index (κ3) is 4.91. The molecule has 0 bridgehead atoms. The zero-order chi connectivity index (χ0) is 20.1. The van der Waals surface area contributed by atoms with Gasteiger partial charge in [0.15, 0.2) is 13.2 Å². The van der Waals surface area contributed by atoms with Gasteiger partial charge in [-0.15, -0.1) is 10.2 Å². The molecule has 0 aliphatic rings. The van der Waals surface area contributed by atoms with Crippen molar-refractivity contribution >= 4 is 11.7 Å². The third-order valence-corrected chi connectivity index (χ3v) is 3.70. The summed E-state index contributed by atoms with van der Waals surface area (Å²) in [5.41, 5.74) is 2.55. The standard InChI is InChI=1S/C19H17N3O6/c1-12-7-13(2)9-16(8-12)26-11-18(23)27-10-17-20-21-19(28-17)14-3-5-15(6-4-14)22(24)25/h3-9H,10-11H2,1-2H3. The number of nitro groups is 1. The molecule has 0 saturated carbocycles. The Morgan fingerprint density at radius 1 is 1.11 bits per heavy atom. The van der Waals surface area contributed by atoms with Gasteiger partial charge in [-0.3, -0.25) is 10.1 Å². The number of hydrogen-bond donors (Lipinski definition) is 0. The summed E-state index contributed by atoms with van der Waals surface area (Å²) in [5, 5.41) is 18.3. The summed E-state index contributed by atoms with van der Waals surface area (Å²) in [6, 6.07) is 11.3. The van der Waals surface area contributed by atoms with Gasteiger partial charge in [-0.2, -0.15) is 0 Å². The van der Waals surface area contributed by atoms with Crippen LogP contribution in [0.25, 0.3) is 11.5 Å². The van der Waals surface area contributed by atoms with Crippen LogP contribution in [-0.4, -0.2) is 27.7 Å². The molecule has 0 spiro atoms. The maximum atomic E-state index is 11.8. The van der Waals surface area contributed by atoms with Crippen LogP contribution in [0.5, 0.6) is 5.75 Å². The lowest BCUT2D eigenvalue weighted by Crippen LogP contribution is -2.15. The van der Waals surface area contributed by atoms with Crippen molar-refractivity contribution < 1.29 is 23.6 Å². The van der Waals surface area contributed by atoms with Gasteiger partial charge in [-0.25, -0.2) is 4.79 Å². The maximum Gasteiger partial charge on any atom is 0.344 e. The van der Waals surface area contributed by atoms with Crippen LogP contribution >= 0.6 is 0 Å². The highest BCUT2D eigenvalue weighted by Crippen LogP contribution is 2.21. The fourth-order valence-electron chi connectivity index (χ4n) is 2.50. The van der Waals surface area contributed by atoms with E-state index < -0.39 is 10.9 Å². The number of ether oxygens (including phenoxy) is 2. The van der Waals surface area contributed by atoms with Crippen LogP contribution < -0.4 is 4.74 Å². The molecule has 144 valence electrons. The molecule has 2 aromatic carbocycles. The number of carbonyl (C=O) groups is 1. The fourth-order valence-corrected chi connectivity index (χ4v) is 2.50. The summed E-state index contributed by atoms with van der Waals surface area (Å²) in [4.78, 5) is 22.0. The quantitative estimate of drug-likeness (QED) is 0.346. The lowest BCUT2D eigenvalue weighted by molar-refractivity contribution is -0.384. The van der Waals surface area contributed by atoms with Crippen LogP contribution in [-0.2, 0) is 16.1 Å². The van der Waals surface area contributed by atoms with Gasteiger partial charge in [0.25, 0.3) is 11.6 Å². The van der Waals surface area contributed by atoms with Gasteiger partial charge in [0.1, 0.15) is 5.75 Å². The first-order valence-corrected chi connectivity index (χ1v) is 8.34. The molecule has 28 heavy (non-hydrogen) atoms. The van der Waals surface area contributed by atoms with E-state index in [4.69, 9.17) is 13.9 Å². The second-order valence-electron chi connectivity index (χ2n) is 6.08. The molecule has 0 N–H and O–H groups in total. The number of aryl methyl sites for hydroxylation is 2. The molecular weight excluding hydrogens is 366 g/mol. The molecule has 0 radical (unpaired) electrons. The maximum absolute atomic E-state index is 11.8. The van der Waals surface area contributed by atoms with Crippen molar-refractivity contribution in [3.8, 4) is 17.2 Å². The Hall–Kier alpha value is -3.75. The smallest absolute Gasteiger partial charge is 0.344 e. The van der Waals surface area contributed by atoms with Crippen LogP contribution in [0.4, 0.5) is 5.69 Å². The van der Waals surface area contributed by atoms with E-state index in [2.05, 4.69) is 10.2 Å². The van der Waals surface area contributed by atoms with Crippen LogP contribution in [0.1, 0.15) is 17.0 Å². The van der Waals surface area contributed by atoms with Crippen molar-refractivity contribution in [3.63, 3.8) is 0 Å². The number of nitro benzene ring substituents is 1. The third-order valence-electron chi connectivity index (χ3n) is 3.70. The molecule has 0 aliphatic heterocycles. The molecular formula is C19H17N3O6. The van der Waals surface area contributed by atoms with Crippen molar-refractivity contribution in [1.82, 2.24) is 10.2 Å². The molecule has 3 aromatic rings. The molecule has 9 heteroatoms. The second kappa shape index (κ2) is 8.30. The molecule has 1 heterocycles. The monoisotopic (exact) mass is 383 g/mol. The van der Waals surface area contributed by atoms with Gasteiger partial charge >= 0.3 is 5.97 Å². The molecule has 1 aromatic heterocycles. The Bertz CT molecular complexity index is 977. The van der Waals surface area contributed by atoms with E-state index in [1.54, 1.807) is 0 Å². The minimum absolute atomic E-state index is 0.0405. The van der Waals surface area contributed by atoms with Crippen LogP contribution in [0.2, 0.25) is 0 Å². The van der Waals surface area contributed by atoms with Crippen LogP contribution in [0.15, 0.2) is 46.9 Å². The molecule has 9 nitrogen and oxygen atoms in total. The van der Waals surface area contributed by atoms with E-state index in [0.717, 1.165) is 11.1 Å². The van der Waals surface area contributed by atoms with Crippen molar-refractivity contribution in [2.24, 2.45) is 0 Å². The lowest BCUT2D eigenvalue weighted by atomic mass is 10.1. The predicted octanol–water partition coefficient (Wildman–Crippen LogP) is 3.38. The highest BCUT2D eigenvalue weighted by Gasteiger charge is 2.13. The highest BCUT2D eigenvalue weighted by molar-refractivity contribution is 5.71. The van der Waals surface area contributed by atoms with Crippen molar-refractivity contribution in [3.05, 3.63) is 69.6 Å². The van der Waals surface area contributed by atoms with Gasteiger partial charge in [0.2, 0.25) is 5.89 Å². The minimum atomic E-state index is -0.575. The largest absolute Gasteiger partial charge is 0.482 e. The number of hydrogen-bond acceptors (Lipinski definition) is 8. The number of non-ortho nitro benzene ring substituents is 1. The first-order valence-electron chi connectivity index (χ1n) is 8.34. The van der Waals surface area contributed by atoms with Gasteiger partial charge in [0, 0.05) is 17.7 Å².